The van der Waals surface area contributed by atoms with Crippen LogP contribution in [0.2, 0.25) is 0 Å². The first kappa shape index (κ1) is 14.9. The summed E-state index contributed by atoms with van der Waals surface area (Å²) in [5.74, 6) is 0.735. The fraction of sp³-hybridized carbons (Fsp3) is 0.917. The molecule has 0 radical (unpaired) electrons. The molecule has 0 aromatic carbocycles. The molecule has 15 heavy (non-hydrogen) atoms. The number of nitriles is 1. The van der Waals surface area contributed by atoms with E-state index in [1.54, 1.807) is 0 Å². The van der Waals surface area contributed by atoms with Crippen LogP contribution in [0.3, 0.4) is 0 Å². The van der Waals surface area contributed by atoms with Gasteiger partial charge in [-0.3, -0.25) is 0 Å². The number of alkyl halides is 1. The lowest BCUT2D eigenvalue weighted by molar-refractivity contribution is 0.181. The van der Waals surface area contributed by atoms with Crippen LogP contribution in [0.25, 0.3) is 0 Å². The molecule has 0 amide bonds. The van der Waals surface area contributed by atoms with E-state index in [9.17, 15) is 0 Å². The van der Waals surface area contributed by atoms with Crippen LogP contribution >= 0.6 is 15.9 Å². The van der Waals surface area contributed by atoms with E-state index in [4.69, 9.17) is 5.26 Å². The normalized spacial score (nSPS) is 16.1. The summed E-state index contributed by atoms with van der Waals surface area (Å²) in [4.78, 5) is 2.26. The number of hydrogen-bond donors (Lipinski definition) is 0. The second-order valence-electron chi connectivity index (χ2n) is 5.47. The Labute approximate surface area is 103 Å². The van der Waals surface area contributed by atoms with Crippen molar-refractivity contribution in [3.63, 3.8) is 0 Å². The number of halogens is 1. The highest BCUT2D eigenvalue weighted by Gasteiger charge is 2.24. The van der Waals surface area contributed by atoms with Gasteiger partial charge >= 0.3 is 0 Å². The van der Waals surface area contributed by atoms with Crippen LogP contribution < -0.4 is 0 Å². The lowest BCUT2D eigenvalue weighted by atomic mass is 9.82. The first-order chi connectivity index (χ1) is 6.81. The van der Waals surface area contributed by atoms with Crippen molar-refractivity contribution in [1.82, 2.24) is 4.90 Å². The van der Waals surface area contributed by atoms with E-state index in [0.29, 0.717) is 11.3 Å². The molecule has 0 saturated heterocycles. The van der Waals surface area contributed by atoms with Gasteiger partial charge in [0, 0.05) is 18.4 Å². The summed E-state index contributed by atoms with van der Waals surface area (Å²) < 4.78 is 0. The summed E-state index contributed by atoms with van der Waals surface area (Å²) in [5, 5.41) is 9.76. The van der Waals surface area contributed by atoms with Crippen molar-refractivity contribution in [2.75, 3.05) is 25.5 Å². The Balaban J connectivity index is 4.15. The number of nitrogens with zero attached hydrogens (tertiary/aromatic N) is 2. The zero-order chi connectivity index (χ0) is 12.1. The number of hydrogen-bond acceptors (Lipinski definition) is 2. The Bertz CT molecular complexity index is 215. The third kappa shape index (κ3) is 6.17. The minimum absolute atomic E-state index is 0.117. The van der Waals surface area contributed by atoms with Crippen molar-refractivity contribution in [1.29, 1.82) is 5.26 Å². The molecular weight excluding hydrogens is 252 g/mol. The molecule has 0 heterocycles. The van der Waals surface area contributed by atoms with Gasteiger partial charge in [-0.05, 0) is 25.3 Å². The molecule has 0 fully saturated rings. The van der Waals surface area contributed by atoms with Gasteiger partial charge in [0.2, 0.25) is 0 Å². The maximum Gasteiger partial charge on any atom is 0.0666 e. The fourth-order valence-corrected chi connectivity index (χ4v) is 2.69. The maximum atomic E-state index is 8.75. The Morgan fingerprint density at radius 2 is 1.87 bits per heavy atom. The Morgan fingerprint density at radius 1 is 1.33 bits per heavy atom. The van der Waals surface area contributed by atoms with E-state index in [2.05, 4.69) is 54.7 Å². The van der Waals surface area contributed by atoms with Gasteiger partial charge in [-0.15, -0.1) is 0 Å². The molecule has 88 valence electrons. The van der Waals surface area contributed by atoms with Crippen molar-refractivity contribution in [2.24, 2.45) is 17.3 Å². The molecule has 0 aliphatic carbocycles. The predicted octanol–water partition coefficient (Wildman–Crippen LogP) is 3.14. The molecule has 0 rings (SSSR count). The molecular formula is C12H23BrN2. The van der Waals surface area contributed by atoms with E-state index >= 15 is 0 Å². The molecule has 2 atom stereocenters. The first-order valence-corrected chi connectivity index (χ1v) is 6.57. The van der Waals surface area contributed by atoms with Crippen LogP contribution in [0.5, 0.6) is 0 Å². The van der Waals surface area contributed by atoms with Crippen LogP contribution in [0, 0.1) is 28.6 Å². The minimum atomic E-state index is 0.117. The summed E-state index contributed by atoms with van der Waals surface area (Å²) in [5.41, 5.74) is 0.313. The molecule has 0 aromatic rings. The SMILES string of the molecule is CC(C#N)CN(C)CC(CBr)C(C)(C)C. The van der Waals surface area contributed by atoms with E-state index in [1.165, 1.54) is 0 Å². The van der Waals surface area contributed by atoms with Crippen LogP contribution in [0.1, 0.15) is 27.7 Å². The van der Waals surface area contributed by atoms with Crippen LogP contribution in [0.4, 0.5) is 0 Å². The summed E-state index contributed by atoms with van der Waals surface area (Å²) >= 11 is 3.57. The zero-order valence-electron chi connectivity index (χ0n) is 10.5. The second-order valence-corrected chi connectivity index (χ2v) is 6.12. The van der Waals surface area contributed by atoms with Gasteiger partial charge in [-0.1, -0.05) is 36.7 Å². The van der Waals surface area contributed by atoms with Gasteiger partial charge in [0.25, 0.3) is 0 Å². The largest absolute Gasteiger partial charge is 0.305 e. The minimum Gasteiger partial charge on any atom is -0.305 e. The molecule has 0 aliphatic rings. The highest BCUT2D eigenvalue weighted by molar-refractivity contribution is 9.09. The fourth-order valence-electron chi connectivity index (χ4n) is 1.51. The molecule has 2 unspecified atom stereocenters. The molecule has 0 bridgehead atoms. The first-order valence-electron chi connectivity index (χ1n) is 5.45. The third-order valence-electron chi connectivity index (χ3n) is 2.75. The molecule has 0 aromatic heterocycles. The van der Waals surface area contributed by atoms with Gasteiger partial charge in [-0.2, -0.15) is 5.26 Å². The lowest BCUT2D eigenvalue weighted by Gasteiger charge is -2.33. The van der Waals surface area contributed by atoms with Crippen LogP contribution in [-0.4, -0.2) is 30.4 Å². The van der Waals surface area contributed by atoms with E-state index in [1.807, 2.05) is 6.92 Å². The number of rotatable bonds is 5. The quantitative estimate of drug-likeness (QED) is 0.721. The molecule has 0 spiro atoms. The average molecular weight is 275 g/mol. The van der Waals surface area contributed by atoms with Gasteiger partial charge < -0.3 is 4.90 Å². The summed E-state index contributed by atoms with van der Waals surface area (Å²) in [6.45, 7) is 10.7. The van der Waals surface area contributed by atoms with Crippen LogP contribution in [0.15, 0.2) is 0 Å². The van der Waals surface area contributed by atoms with Crippen molar-refractivity contribution in [2.45, 2.75) is 27.7 Å². The highest BCUT2D eigenvalue weighted by Crippen LogP contribution is 2.28. The summed E-state index contributed by atoms with van der Waals surface area (Å²) in [7, 11) is 2.09. The van der Waals surface area contributed by atoms with Crippen molar-refractivity contribution in [3.8, 4) is 6.07 Å². The summed E-state index contributed by atoms with van der Waals surface area (Å²) in [6.07, 6.45) is 0. The smallest absolute Gasteiger partial charge is 0.0666 e. The maximum absolute atomic E-state index is 8.75. The monoisotopic (exact) mass is 274 g/mol. The van der Waals surface area contributed by atoms with Gasteiger partial charge in [0.05, 0.1) is 12.0 Å². The van der Waals surface area contributed by atoms with Gasteiger partial charge in [0.15, 0.2) is 0 Å². The second kappa shape index (κ2) is 6.50. The topological polar surface area (TPSA) is 27.0 Å². The van der Waals surface area contributed by atoms with Gasteiger partial charge in [0.1, 0.15) is 0 Å². The highest BCUT2D eigenvalue weighted by atomic mass is 79.9. The van der Waals surface area contributed by atoms with Crippen molar-refractivity contribution in [3.05, 3.63) is 0 Å². The van der Waals surface area contributed by atoms with E-state index in [-0.39, 0.29) is 5.92 Å². The average Bonchev–Trinajstić information content (AvgIpc) is 2.12. The van der Waals surface area contributed by atoms with Crippen LogP contribution in [-0.2, 0) is 0 Å². The zero-order valence-corrected chi connectivity index (χ0v) is 12.1. The van der Waals surface area contributed by atoms with E-state index in [0.717, 1.165) is 18.4 Å². The molecule has 2 nitrogen and oxygen atoms in total. The third-order valence-corrected chi connectivity index (χ3v) is 3.53. The Hall–Kier alpha value is -0.0700. The standard InChI is InChI=1S/C12H23BrN2/c1-10(7-14)8-15(5)9-11(6-13)12(2,3)4/h10-11H,6,8-9H2,1-5H3. The Morgan fingerprint density at radius 3 is 2.20 bits per heavy atom. The predicted molar refractivity (Wildman–Crippen MR) is 69.0 cm³/mol. The summed E-state index contributed by atoms with van der Waals surface area (Å²) in [6, 6.07) is 2.27. The Kier molecular flexibility index (Phi) is 6.47. The lowest BCUT2D eigenvalue weighted by Crippen LogP contribution is -2.36. The van der Waals surface area contributed by atoms with Crippen molar-refractivity contribution >= 4 is 15.9 Å². The molecule has 0 saturated carbocycles. The molecule has 0 aliphatic heterocycles. The molecule has 0 N–H and O–H groups in total. The van der Waals surface area contributed by atoms with Gasteiger partial charge in [-0.25, -0.2) is 0 Å². The van der Waals surface area contributed by atoms with E-state index < -0.39 is 0 Å². The molecule has 3 heteroatoms. The van der Waals surface area contributed by atoms with Crippen molar-refractivity contribution < 1.29 is 0 Å².